The maximum absolute atomic E-state index is 3.71. The molecule has 0 saturated carbocycles. The summed E-state index contributed by atoms with van der Waals surface area (Å²) in [5.41, 5.74) is 0. The minimum atomic E-state index is 1.09. The maximum Gasteiger partial charge on any atom is 0.0333 e. The van der Waals surface area contributed by atoms with Crippen LogP contribution in [0.25, 0.3) is 21.5 Å². The third kappa shape index (κ3) is 1.85. The molecule has 3 rings (SSSR count). The van der Waals surface area contributed by atoms with Crippen molar-refractivity contribution in [3.8, 4) is 0 Å². The van der Waals surface area contributed by atoms with Gasteiger partial charge in [0, 0.05) is 13.4 Å². The zero-order valence-corrected chi connectivity index (χ0v) is 13.4. The zero-order valence-electron chi connectivity index (χ0n) is 8.68. The van der Waals surface area contributed by atoms with Crippen LogP contribution in [-0.4, -0.2) is 0 Å². The van der Waals surface area contributed by atoms with Crippen LogP contribution in [0.5, 0.6) is 0 Å². The molecule has 3 aromatic carbocycles. The number of benzene rings is 3. The Morgan fingerprint density at radius 2 is 1.12 bits per heavy atom. The Labute approximate surface area is 124 Å². The average Bonchev–Trinajstić information content (AvgIpc) is 2.36. The molecule has 0 aromatic heterocycles. The van der Waals surface area contributed by atoms with Crippen molar-refractivity contribution in [2.45, 2.75) is 0 Å². The van der Waals surface area contributed by atoms with Gasteiger partial charge in [0.1, 0.15) is 0 Å². The summed E-state index contributed by atoms with van der Waals surface area (Å²) in [6.07, 6.45) is 0. The second-order valence-electron chi connectivity index (χ2n) is 3.86. The van der Waals surface area contributed by atoms with Crippen molar-refractivity contribution in [1.29, 1.82) is 0 Å². The Morgan fingerprint density at radius 3 is 1.76 bits per heavy atom. The first-order valence-corrected chi connectivity index (χ1v) is 7.51. The Balaban J connectivity index is 2.63. The lowest BCUT2D eigenvalue weighted by Crippen LogP contribution is -1.82. The van der Waals surface area contributed by atoms with Crippen molar-refractivity contribution in [2.75, 3.05) is 0 Å². The Hall–Kier alpha value is -0.380. The molecular weight excluding hydrogens is 408 g/mol. The summed E-state index contributed by atoms with van der Waals surface area (Å²) in [5.74, 6) is 0. The fourth-order valence-electron chi connectivity index (χ4n) is 2.05. The summed E-state index contributed by atoms with van der Waals surface area (Å²) in [5, 5.41) is 4.89. The summed E-state index contributed by atoms with van der Waals surface area (Å²) in [6, 6.07) is 14.7. The second kappa shape index (κ2) is 4.38. The lowest BCUT2D eigenvalue weighted by molar-refractivity contribution is 1.68. The first-order valence-electron chi connectivity index (χ1n) is 5.13. The summed E-state index contributed by atoms with van der Waals surface area (Å²) >= 11 is 10.9. The molecule has 0 bridgehead atoms. The molecule has 0 heterocycles. The summed E-state index contributed by atoms with van der Waals surface area (Å²) in [7, 11) is 0. The van der Waals surface area contributed by atoms with E-state index in [0.717, 1.165) is 13.4 Å². The smallest absolute Gasteiger partial charge is 0.0333 e. The highest BCUT2D eigenvalue weighted by molar-refractivity contribution is 9.11. The van der Waals surface area contributed by atoms with Crippen LogP contribution in [0.15, 0.2) is 55.9 Å². The molecule has 0 saturated heterocycles. The first-order chi connectivity index (χ1) is 8.18. The molecule has 0 N–H and O–H groups in total. The van der Waals surface area contributed by atoms with E-state index < -0.39 is 0 Å². The van der Waals surface area contributed by atoms with Crippen LogP contribution in [0.2, 0.25) is 0 Å². The number of halogens is 3. The minimum absolute atomic E-state index is 1.09. The Bertz CT molecular complexity index is 732. The van der Waals surface area contributed by atoms with Gasteiger partial charge in [-0.2, -0.15) is 0 Å². The molecule has 0 radical (unpaired) electrons. The predicted octanol–water partition coefficient (Wildman–Crippen LogP) is 6.28. The van der Waals surface area contributed by atoms with Gasteiger partial charge in [-0.15, -0.1) is 0 Å². The highest BCUT2D eigenvalue weighted by atomic mass is 79.9. The lowest BCUT2D eigenvalue weighted by Gasteiger charge is -2.09. The standard InChI is InChI=1S/C14H7Br3/c15-8-5-6-11-12(7-8)14(17)10-4-2-1-3-9(10)13(11)16/h1-7H. The molecule has 0 aliphatic heterocycles. The van der Waals surface area contributed by atoms with Crippen LogP contribution < -0.4 is 0 Å². The fourth-order valence-corrected chi connectivity index (χ4v) is 3.77. The van der Waals surface area contributed by atoms with Crippen molar-refractivity contribution in [3.63, 3.8) is 0 Å². The maximum atomic E-state index is 3.71. The van der Waals surface area contributed by atoms with Crippen molar-refractivity contribution >= 4 is 69.3 Å². The molecule has 0 spiro atoms. The SMILES string of the molecule is Brc1ccc2c(Br)c3ccccc3c(Br)c2c1. The van der Waals surface area contributed by atoms with Gasteiger partial charge in [0.2, 0.25) is 0 Å². The van der Waals surface area contributed by atoms with E-state index in [0.29, 0.717) is 0 Å². The molecule has 84 valence electrons. The number of hydrogen-bond acceptors (Lipinski definition) is 0. The van der Waals surface area contributed by atoms with E-state index in [4.69, 9.17) is 0 Å². The van der Waals surface area contributed by atoms with E-state index in [-0.39, 0.29) is 0 Å². The fraction of sp³-hybridized carbons (Fsp3) is 0. The molecule has 0 nitrogen and oxygen atoms in total. The van der Waals surface area contributed by atoms with Gasteiger partial charge in [0.15, 0.2) is 0 Å². The lowest BCUT2D eigenvalue weighted by atomic mass is 10.0. The van der Waals surface area contributed by atoms with Crippen LogP contribution in [-0.2, 0) is 0 Å². The van der Waals surface area contributed by atoms with Crippen LogP contribution in [0.3, 0.4) is 0 Å². The largest absolute Gasteiger partial charge is 0.0616 e. The Morgan fingerprint density at radius 1 is 0.588 bits per heavy atom. The molecule has 3 heteroatoms. The molecule has 0 atom stereocenters. The van der Waals surface area contributed by atoms with Gasteiger partial charge < -0.3 is 0 Å². The average molecular weight is 415 g/mol. The van der Waals surface area contributed by atoms with Crippen LogP contribution in [0.1, 0.15) is 0 Å². The molecule has 17 heavy (non-hydrogen) atoms. The van der Waals surface area contributed by atoms with Crippen LogP contribution in [0.4, 0.5) is 0 Å². The first kappa shape index (κ1) is 11.7. The summed E-state index contributed by atoms with van der Waals surface area (Å²) in [4.78, 5) is 0. The van der Waals surface area contributed by atoms with Gasteiger partial charge in [-0.05, 0) is 65.5 Å². The molecule has 0 aliphatic rings. The summed E-state index contributed by atoms with van der Waals surface area (Å²) in [6.45, 7) is 0. The van der Waals surface area contributed by atoms with E-state index in [1.54, 1.807) is 0 Å². The molecule has 0 aliphatic carbocycles. The van der Waals surface area contributed by atoms with E-state index in [1.165, 1.54) is 21.5 Å². The number of rotatable bonds is 0. The van der Waals surface area contributed by atoms with E-state index in [2.05, 4.69) is 90.3 Å². The molecule has 3 aromatic rings. The zero-order chi connectivity index (χ0) is 12.0. The van der Waals surface area contributed by atoms with Crippen LogP contribution >= 0.6 is 47.8 Å². The molecule has 0 amide bonds. The molecule has 0 fully saturated rings. The molecule has 0 unspecified atom stereocenters. The quantitative estimate of drug-likeness (QED) is 0.380. The molecular formula is C14H7Br3. The van der Waals surface area contributed by atoms with E-state index in [1.807, 2.05) is 0 Å². The van der Waals surface area contributed by atoms with E-state index >= 15 is 0 Å². The topological polar surface area (TPSA) is 0 Å². The number of fused-ring (bicyclic) bond motifs is 2. The highest BCUT2D eigenvalue weighted by Gasteiger charge is 2.10. The van der Waals surface area contributed by atoms with Crippen molar-refractivity contribution in [3.05, 3.63) is 55.9 Å². The van der Waals surface area contributed by atoms with Crippen LogP contribution in [0, 0.1) is 0 Å². The van der Waals surface area contributed by atoms with Gasteiger partial charge in [0.05, 0.1) is 0 Å². The monoisotopic (exact) mass is 412 g/mol. The van der Waals surface area contributed by atoms with E-state index in [9.17, 15) is 0 Å². The van der Waals surface area contributed by atoms with Gasteiger partial charge >= 0.3 is 0 Å². The predicted molar refractivity (Wildman–Crippen MR) is 84.6 cm³/mol. The van der Waals surface area contributed by atoms with Gasteiger partial charge in [-0.25, -0.2) is 0 Å². The normalized spacial score (nSPS) is 11.2. The third-order valence-corrected chi connectivity index (χ3v) is 5.06. The van der Waals surface area contributed by atoms with Crippen molar-refractivity contribution < 1.29 is 0 Å². The summed E-state index contributed by atoms with van der Waals surface area (Å²) < 4.78 is 3.39. The number of hydrogen-bond donors (Lipinski definition) is 0. The van der Waals surface area contributed by atoms with Gasteiger partial charge in [-0.1, -0.05) is 46.3 Å². The van der Waals surface area contributed by atoms with Gasteiger partial charge in [0.25, 0.3) is 0 Å². The minimum Gasteiger partial charge on any atom is -0.0616 e. The van der Waals surface area contributed by atoms with Crippen molar-refractivity contribution in [2.24, 2.45) is 0 Å². The second-order valence-corrected chi connectivity index (χ2v) is 6.37. The highest BCUT2D eigenvalue weighted by Crippen LogP contribution is 2.39. The Kier molecular flexibility index (Phi) is 3.01. The van der Waals surface area contributed by atoms with Crippen molar-refractivity contribution in [1.82, 2.24) is 0 Å². The van der Waals surface area contributed by atoms with Gasteiger partial charge in [-0.3, -0.25) is 0 Å². The third-order valence-electron chi connectivity index (χ3n) is 2.85.